The molecule has 2 aliphatic rings. The Morgan fingerprint density at radius 3 is 2.75 bits per heavy atom. The smallest absolute Gasteiger partial charge is 0.277 e. The molecule has 1 aromatic heterocycles. The largest absolute Gasteiger partial charge is 0.365 e. The van der Waals surface area contributed by atoms with Crippen molar-refractivity contribution in [3.05, 3.63) is 51.0 Å². The molecule has 0 radical (unpaired) electrons. The molecule has 0 spiro atoms. The van der Waals surface area contributed by atoms with Crippen LogP contribution >= 0.6 is 11.3 Å². The fourth-order valence-corrected chi connectivity index (χ4v) is 4.74. The van der Waals surface area contributed by atoms with Crippen molar-refractivity contribution >= 4 is 35.0 Å². The molecular formula is C21H24N6O4S. The van der Waals surface area contributed by atoms with Gasteiger partial charge >= 0.3 is 0 Å². The van der Waals surface area contributed by atoms with Gasteiger partial charge in [0.15, 0.2) is 5.01 Å². The van der Waals surface area contributed by atoms with Crippen molar-refractivity contribution in [1.29, 1.82) is 0 Å². The van der Waals surface area contributed by atoms with Gasteiger partial charge in [-0.15, -0.1) is 11.3 Å². The lowest BCUT2D eigenvalue weighted by molar-refractivity contribution is -0.148. The van der Waals surface area contributed by atoms with Gasteiger partial charge in [-0.05, 0) is 17.5 Å². The molecular weight excluding hydrogens is 432 g/mol. The van der Waals surface area contributed by atoms with Crippen molar-refractivity contribution in [2.24, 2.45) is 17.4 Å². The van der Waals surface area contributed by atoms with Gasteiger partial charge in [-0.25, -0.2) is 9.99 Å². The molecule has 1 fully saturated rings. The summed E-state index contributed by atoms with van der Waals surface area (Å²) in [5.41, 5.74) is 12.0. The average molecular weight is 458 g/mol. The molecule has 2 atom stereocenters. The first-order valence-corrected chi connectivity index (χ1v) is 11.0. The second-order valence-electron chi connectivity index (χ2n) is 7.82. The molecule has 4 rings (SSSR count). The number of hydrogen-bond donors (Lipinski definition) is 3. The number of rotatable bonds is 6. The van der Waals surface area contributed by atoms with Gasteiger partial charge in [-0.1, -0.05) is 31.2 Å². The Bertz CT molecular complexity index is 1150. The molecule has 0 unspecified atom stereocenters. The number of benzene rings is 1. The summed E-state index contributed by atoms with van der Waals surface area (Å²) in [5.74, 6) is -3.43. The summed E-state index contributed by atoms with van der Waals surface area (Å²) >= 11 is 0.773. The van der Waals surface area contributed by atoms with Gasteiger partial charge in [0, 0.05) is 32.0 Å². The van der Waals surface area contributed by atoms with Gasteiger partial charge < -0.3 is 16.8 Å². The number of amides is 4. The molecule has 11 heteroatoms. The number of aromatic nitrogens is 1. The zero-order valence-corrected chi connectivity index (χ0v) is 18.3. The van der Waals surface area contributed by atoms with Gasteiger partial charge in [0.25, 0.3) is 17.7 Å². The highest BCUT2D eigenvalue weighted by Crippen LogP contribution is 2.30. The molecule has 3 heterocycles. The monoisotopic (exact) mass is 457 g/mol. The number of thiazole rings is 1. The highest BCUT2D eigenvalue weighted by atomic mass is 32.1. The minimum absolute atomic E-state index is 0.0182. The summed E-state index contributed by atoms with van der Waals surface area (Å²) in [5, 5.41) is 5.98. The van der Waals surface area contributed by atoms with Crippen molar-refractivity contribution in [2.45, 2.75) is 32.3 Å². The number of nitrogens with one attached hydrogen (secondary N) is 1. The van der Waals surface area contributed by atoms with E-state index in [1.165, 1.54) is 5.01 Å². The fourth-order valence-electron chi connectivity index (χ4n) is 3.94. The maximum Gasteiger partial charge on any atom is 0.277 e. The topological polar surface area (TPSA) is 152 Å². The van der Waals surface area contributed by atoms with Crippen LogP contribution in [0.5, 0.6) is 0 Å². The molecule has 32 heavy (non-hydrogen) atoms. The van der Waals surface area contributed by atoms with E-state index in [2.05, 4.69) is 10.3 Å². The number of nitrogens with two attached hydrogens (primary N) is 2. The standard InChI is InChI=1S/C21H24N6O4S/c1-11(9-14-16(17(22)28)32-20(24-14)18(23)29)19(30)25-15-13-6-3-2-5-12(13)10-26-7-4-8-27(26)21(15)31/h2-3,5-6,11,15H,4,7-10H2,1H3,(H2,22,28)(H2,23,29)(H,25,30)/t11-,15-/m1/s1/i15D. The Balaban J connectivity index is 1.61. The molecule has 1 saturated heterocycles. The third kappa shape index (κ3) is 4.08. The van der Waals surface area contributed by atoms with E-state index in [4.69, 9.17) is 12.8 Å². The summed E-state index contributed by atoms with van der Waals surface area (Å²) in [6, 6.07) is 5.09. The molecule has 5 N–H and O–H groups in total. The number of hydrogen-bond acceptors (Lipinski definition) is 7. The minimum atomic E-state index is -2.01. The Morgan fingerprint density at radius 1 is 1.28 bits per heavy atom. The van der Waals surface area contributed by atoms with Gasteiger partial charge in [-0.3, -0.25) is 24.2 Å². The van der Waals surface area contributed by atoms with Crippen LogP contribution in [0.1, 0.15) is 57.0 Å². The first-order valence-electron chi connectivity index (χ1n) is 10.7. The molecule has 10 nitrogen and oxygen atoms in total. The maximum absolute atomic E-state index is 13.4. The molecule has 1 aromatic carbocycles. The highest BCUT2D eigenvalue weighted by molar-refractivity contribution is 7.15. The zero-order chi connectivity index (χ0) is 23.9. The van der Waals surface area contributed by atoms with Crippen LogP contribution in [-0.4, -0.2) is 51.7 Å². The lowest BCUT2D eigenvalue weighted by Gasteiger charge is -2.28. The first kappa shape index (κ1) is 20.6. The van der Waals surface area contributed by atoms with Crippen molar-refractivity contribution in [3.63, 3.8) is 0 Å². The SMILES string of the molecule is [2H][C@]1(NC(=O)[C@H](C)Cc2nc(C(N)=O)sc2C(N)=O)C(=O)N2CCCN2Cc2ccccc21. The molecule has 0 saturated carbocycles. The fraction of sp³-hybridized carbons (Fsp3) is 0.381. The number of nitrogens with zero attached hydrogens (tertiary/aromatic N) is 3. The number of hydrazine groups is 1. The summed E-state index contributed by atoms with van der Waals surface area (Å²) in [7, 11) is 0. The van der Waals surface area contributed by atoms with E-state index < -0.39 is 35.6 Å². The van der Waals surface area contributed by atoms with E-state index in [0.29, 0.717) is 25.2 Å². The Labute approximate surface area is 189 Å². The lowest BCUT2D eigenvalue weighted by Crippen LogP contribution is -2.46. The lowest BCUT2D eigenvalue weighted by atomic mass is 9.98. The van der Waals surface area contributed by atoms with Crippen LogP contribution in [0.25, 0.3) is 0 Å². The maximum atomic E-state index is 13.4. The molecule has 0 bridgehead atoms. The molecule has 2 aromatic rings. The number of carbonyl (C=O) groups is 4. The third-order valence-corrected chi connectivity index (χ3v) is 6.67. The molecule has 168 valence electrons. The van der Waals surface area contributed by atoms with Crippen LogP contribution in [0, 0.1) is 5.92 Å². The predicted molar refractivity (Wildman–Crippen MR) is 116 cm³/mol. The van der Waals surface area contributed by atoms with Crippen LogP contribution in [-0.2, 0) is 22.6 Å². The van der Waals surface area contributed by atoms with Gasteiger partial charge in [-0.2, -0.15) is 0 Å². The van der Waals surface area contributed by atoms with E-state index in [0.717, 1.165) is 23.3 Å². The molecule has 0 aliphatic carbocycles. The number of fused-ring (bicyclic) bond motifs is 2. The Kier molecular flexibility index (Phi) is 5.58. The van der Waals surface area contributed by atoms with Crippen LogP contribution in [0.15, 0.2) is 24.3 Å². The second-order valence-corrected chi connectivity index (χ2v) is 8.82. The summed E-state index contributed by atoms with van der Waals surface area (Å²) in [4.78, 5) is 53.9. The van der Waals surface area contributed by atoms with Crippen LogP contribution in [0.3, 0.4) is 0 Å². The van der Waals surface area contributed by atoms with Gasteiger partial charge in [0.05, 0.1) is 7.06 Å². The Morgan fingerprint density at radius 2 is 2.03 bits per heavy atom. The average Bonchev–Trinajstić information content (AvgIpc) is 3.38. The molecule has 2 aliphatic heterocycles. The van der Waals surface area contributed by atoms with Crippen molar-refractivity contribution in [3.8, 4) is 0 Å². The summed E-state index contributed by atoms with van der Waals surface area (Å²) in [6.45, 7) is 3.24. The number of carbonyl (C=O) groups excluding carboxylic acids is 4. The van der Waals surface area contributed by atoms with E-state index in [1.54, 1.807) is 19.1 Å². The van der Waals surface area contributed by atoms with Crippen LogP contribution < -0.4 is 16.8 Å². The van der Waals surface area contributed by atoms with Crippen LogP contribution in [0.4, 0.5) is 0 Å². The van der Waals surface area contributed by atoms with Crippen molar-refractivity contribution < 1.29 is 20.5 Å². The Hall–Kier alpha value is -3.31. The highest BCUT2D eigenvalue weighted by Gasteiger charge is 2.38. The molecule has 4 amide bonds. The number of primary amides is 2. The predicted octanol–water partition coefficient (Wildman–Crippen LogP) is 0.340. The second kappa shape index (κ2) is 8.67. The quantitative estimate of drug-likeness (QED) is 0.569. The van der Waals surface area contributed by atoms with E-state index in [9.17, 15) is 19.2 Å². The van der Waals surface area contributed by atoms with Crippen molar-refractivity contribution in [1.82, 2.24) is 20.3 Å². The minimum Gasteiger partial charge on any atom is -0.365 e. The normalized spacial score (nSPS) is 21.8. The third-order valence-electron chi connectivity index (χ3n) is 5.54. The first-order chi connectivity index (χ1) is 15.6. The zero-order valence-electron chi connectivity index (χ0n) is 18.5. The van der Waals surface area contributed by atoms with E-state index in [-0.39, 0.29) is 22.0 Å². The van der Waals surface area contributed by atoms with Gasteiger partial charge in [0.2, 0.25) is 5.91 Å². The van der Waals surface area contributed by atoms with Gasteiger partial charge in [0.1, 0.15) is 10.9 Å². The van der Waals surface area contributed by atoms with E-state index >= 15 is 0 Å². The van der Waals surface area contributed by atoms with Crippen LogP contribution in [0.2, 0.25) is 0 Å². The summed E-state index contributed by atoms with van der Waals surface area (Å²) in [6.07, 6.45) is 0.770. The summed E-state index contributed by atoms with van der Waals surface area (Å²) < 4.78 is 9.08. The van der Waals surface area contributed by atoms with E-state index in [1.807, 2.05) is 17.1 Å². The van der Waals surface area contributed by atoms with Crippen molar-refractivity contribution in [2.75, 3.05) is 13.1 Å².